The third-order valence-electron chi connectivity index (χ3n) is 15.3. The SMILES string of the molecule is C=CCOC(=O)[C@@H]1COC(C=C[C@]2(C)[C@@H](O)CC[C@@]3(C)[C@H]2CCC2Cc4c(n5c(C(=C)C)c(O)c6c7c(cc4c65)C4=CC(C)(C)OC(C)(C)C4[C@@H]7O)[C@@]23C)=N1. The molecule has 6 aliphatic rings. The fraction of sp³-hybridized carbons (Fsp3) is 0.565. The van der Waals surface area contributed by atoms with E-state index < -0.39 is 40.8 Å². The number of carbonyl (C=O) groups excluding carboxylic acids is 1. The second-order valence-electron chi connectivity index (χ2n) is 19.2. The third kappa shape index (κ3) is 4.63. The molecule has 0 saturated heterocycles. The highest BCUT2D eigenvalue weighted by molar-refractivity contribution is 6.11. The number of aliphatic imine (C=N–C) groups is 1. The number of nitrogens with zero attached hydrogens (tertiary/aromatic N) is 2. The van der Waals surface area contributed by atoms with E-state index in [2.05, 4.69) is 89.2 Å². The van der Waals surface area contributed by atoms with E-state index in [9.17, 15) is 20.1 Å². The molecule has 9 atom stereocenters. The average Bonchev–Trinajstić information content (AvgIpc) is 3.89. The summed E-state index contributed by atoms with van der Waals surface area (Å²) in [6.45, 7) is 25.5. The Morgan fingerprint density at radius 2 is 1.87 bits per heavy atom. The van der Waals surface area contributed by atoms with E-state index in [-0.39, 0.29) is 41.6 Å². The summed E-state index contributed by atoms with van der Waals surface area (Å²) in [6, 6.07) is 1.59. The Bertz CT molecular complexity index is 2290. The van der Waals surface area contributed by atoms with Crippen molar-refractivity contribution in [3.63, 3.8) is 0 Å². The Morgan fingerprint density at radius 1 is 1.13 bits per heavy atom. The minimum Gasteiger partial charge on any atom is -0.505 e. The van der Waals surface area contributed by atoms with Crippen molar-refractivity contribution in [1.29, 1.82) is 0 Å². The lowest BCUT2D eigenvalue weighted by Gasteiger charge is -2.64. The number of esters is 1. The quantitative estimate of drug-likeness (QED) is 0.173. The Hall–Kier alpha value is -3.92. The minimum absolute atomic E-state index is 0.115. The lowest BCUT2D eigenvalue weighted by atomic mass is 9.40. The number of ether oxygens (including phenoxy) is 3. The maximum absolute atomic E-state index is 12.5. The summed E-state index contributed by atoms with van der Waals surface area (Å²) in [7, 11) is 0. The molecule has 3 N–H and O–H groups in total. The molecule has 0 amide bonds. The largest absolute Gasteiger partial charge is 0.505 e. The van der Waals surface area contributed by atoms with Crippen LogP contribution in [0.2, 0.25) is 0 Å². The van der Waals surface area contributed by atoms with Crippen LogP contribution in [0.15, 0.2) is 48.5 Å². The summed E-state index contributed by atoms with van der Waals surface area (Å²) >= 11 is 0. The van der Waals surface area contributed by atoms with Crippen LogP contribution in [-0.2, 0) is 30.8 Å². The molecule has 2 saturated carbocycles. The molecule has 4 aliphatic carbocycles. The number of rotatable bonds is 6. The summed E-state index contributed by atoms with van der Waals surface area (Å²) in [6.07, 6.45) is 10.6. The third-order valence-corrected chi connectivity index (χ3v) is 15.3. The molecule has 292 valence electrons. The van der Waals surface area contributed by atoms with E-state index in [4.69, 9.17) is 14.2 Å². The number of carbonyl (C=O) groups is 1. The number of aromatic hydroxyl groups is 1. The Kier molecular flexibility index (Phi) is 7.73. The number of aliphatic hydroxyl groups is 2. The van der Waals surface area contributed by atoms with Crippen LogP contribution >= 0.6 is 0 Å². The van der Waals surface area contributed by atoms with Crippen molar-refractivity contribution in [1.82, 2.24) is 4.40 Å². The topological polar surface area (TPSA) is 122 Å². The molecule has 9 nitrogen and oxygen atoms in total. The van der Waals surface area contributed by atoms with Crippen LogP contribution in [0.25, 0.3) is 27.4 Å². The monoisotopic (exact) mass is 748 g/mol. The molecule has 2 unspecified atom stereocenters. The van der Waals surface area contributed by atoms with Gasteiger partial charge in [0.2, 0.25) is 5.90 Å². The number of hydrogen-bond donors (Lipinski definition) is 3. The normalized spacial score (nSPS) is 36.8. The number of aromatic nitrogens is 1. The Labute approximate surface area is 323 Å². The predicted molar refractivity (Wildman–Crippen MR) is 214 cm³/mol. The van der Waals surface area contributed by atoms with E-state index in [0.717, 1.165) is 64.2 Å². The van der Waals surface area contributed by atoms with Crippen molar-refractivity contribution in [2.45, 2.75) is 122 Å². The molecule has 2 aromatic heterocycles. The van der Waals surface area contributed by atoms with Crippen molar-refractivity contribution < 1.29 is 34.3 Å². The second kappa shape index (κ2) is 11.6. The number of benzene rings is 1. The maximum Gasteiger partial charge on any atom is 0.334 e. The smallest absolute Gasteiger partial charge is 0.334 e. The highest BCUT2D eigenvalue weighted by Gasteiger charge is 2.67. The fourth-order valence-electron chi connectivity index (χ4n) is 13.0. The Morgan fingerprint density at radius 3 is 2.58 bits per heavy atom. The van der Waals surface area contributed by atoms with Gasteiger partial charge in [0.25, 0.3) is 0 Å². The Balaban J connectivity index is 1.20. The van der Waals surface area contributed by atoms with E-state index in [1.807, 2.05) is 13.0 Å². The van der Waals surface area contributed by atoms with Crippen LogP contribution in [-0.4, -0.2) is 68.1 Å². The molecule has 2 aliphatic heterocycles. The zero-order valence-electron chi connectivity index (χ0n) is 33.6. The van der Waals surface area contributed by atoms with Crippen molar-refractivity contribution in [2.75, 3.05) is 13.2 Å². The first kappa shape index (κ1) is 36.7. The van der Waals surface area contributed by atoms with E-state index >= 15 is 0 Å². The van der Waals surface area contributed by atoms with Gasteiger partial charge in [-0.25, -0.2) is 9.79 Å². The lowest BCUT2D eigenvalue weighted by molar-refractivity contribution is -0.144. The van der Waals surface area contributed by atoms with Gasteiger partial charge in [0.15, 0.2) is 6.04 Å². The van der Waals surface area contributed by atoms with E-state index in [1.54, 1.807) is 0 Å². The van der Waals surface area contributed by atoms with Gasteiger partial charge in [0.05, 0.1) is 34.6 Å². The molecule has 55 heavy (non-hydrogen) atoms. The van der Waals surface area contributed by atoms with Crippen LogP contribution < -0.4 is 0 Å². The first-order valence-corrected chi connectivity index (χ1v) is 20.1. The molecule has 4 heterocycles. The van der Waals surface area contributed by atoms with Crippen molar-refractivity contribution in [3.8, 4) is 5.75 Å². The van der Waals surface area contributed by atoms with Gasteiger partial charge in [0.1, 0.15) is 19.0 Å². The summed E-state index contributed by atoms with van der Waals surface area (Å²) < 4.78 is 19.9. The number of aliphatic hydroxyl groups excluding tert-OH is 2. The molecular weight excluding hydrogens is 693 g/mol. The average molecular weight is 749 g/mol. The van der Waals surface area contributed by atoms with E-state index in [0.29, 0.717) is 23.9 Å². The summed E-state index contributed by atoms with van der Waals surface area (Å²) in [5.41, 5.74) is 5.64. The highest BCUT2D eigenvalue weighted by atomic mass is 16.5. The first-order chi connectivity index (χ1) is 25.8. The number of allylic oxidation sites excluding steroid dienone is 1. The van der Waals surface area contributed by atoms with Crippen molar-refractivity contribution in [3.05, 3.63) is 71.6 Å². The molecule has 0 spiro atoms. The molecule has 3 aromatic rings. The van der Waals surface area contributed by atoms with Gasteiger partial charge in [-0.1, -0.05) is 46.1 Å². The van der Waals surface area contributed by atoms with Crippen molar-refractivity contribution in [2.24, 2.45) is 33.6 Å². The predicted octanol–water partition coefficient (Wildman–Crippen LogP) is 7.99. The fourth-order valence-corrected chi connectivity index (χ4v) is 13.0. The van der Waals surface area contributed by atoms with Crippen LogP contribution in [0.5, 0.6) is 5.75 Å². The molecule has 9 heteroatoms. The second-order valence-corrected chi connectivity index (χ2v) is 19.2. The van der Waals surface area contributed by atoms with Gasteiger partial charge >= 0.3 is 5.97 Å². The molecule has 9 rings (SSSR count). The van der Waals surface area contributed by atoms with Crippen LogP contribution in [0, 0.1) is 28.6 Å². The van der Waals surface area contributed by atoms with Crippen molar-refractivity contribution >= 4 is 39.3 Å². The summed E-state index contributed by atoms with van der Waals surface area (Å²) in [5, 5.41) is 38.3. The molecule has 2 fully saturated rings. The summed E-state index contributed by atoms with van der Waals surface area (Å²) in [4.78, 5) is 17.0. The molecule has 0 bridgehead atoms. The molecular formula is C46H56N2O7. The maximum atomic E-state index is 12.5. The van der Waals surface area contributed by atoms with Crippen LogP contribution in [0.4, 0.5) is 0 Å². The number of hydrogen-bond acceptors (Lipinski definition) is 8. The van der Waals surface area contributed by atoms with Gasteiger partial charge in [-0.05, 0) is 124 Å². The van der Waals surface area contributed by atoms with Gasteiger partial charge in [-0.2, -0.15) is 0 Å². The zero-order chi connectivity index (χ0) is 39.4. The lowest BCUT2D eigenvalue weighted by Crippen LogP contribution is -2.62. The van der Waals surface area contributed by atoms with Crippen LogP contribution in [0.1, 0.15) is 115 Å². The van der Waals surface area contributed by atoms with Gasteiger partial charge in [-0.3, -0.25) is 0 Å². The standard InChI is InChI=1S/C46H56N2O7/c1-11-18-53-41(52)29-22-54-32(47-29)15-16-44(8)30-13-12-24-19-27-26-20-25-28-21-42(4,5)55-43(6,7)35(28)38(50)33(25)34-37(26)48(36(23(2)3)39(34)51)40(27)46(24,10)45(30,9)17-14-31(44)49/h11,15-16,20-21,24,29-31,35,38,49-51H,1-2,12-14,17-19,22H2,3-10H3/t24?,29-,30-,31-,35?,38+,44-,45-,46+/m0/s1. The van der Waals surface area contributed by atoms with Gasteiger partial charge in [-0.15, -0.1) is 0 Å². The molecule has 1 aromatic carbocycles. The van der Waals surface area contributed by atoms with Gasteiger partial charge < -0.3 is 33.9 Å². The summed E-state index contributed by atoms with van der Waals surface area (Å²) in [5.74, 6) is 0.333. The molecule has 0 radical (unpaired) electrons. The first-order valence-electron chi connectivity index (χ1n) is 20.1. The number of fused-ring (bicyclic) bond motifs is 11. The highest BCUT2D eigenvalue weighted by Crippen LogP contribution is 2.71. The van der Waals surface area contributed by atoms with E-state index in [1.165, 1.54) is 17.3 Å². The van der Waals surface area contributed by atoms with Crippen LogP contribution in [0.3, 0.4) is 0 Å². The zero-order valence-corrected chi connectivity index (χ0v) is 33.6. The van der Waals surface area contributed by atoms with Gasteiger partial charge in [0, 0.05) is 38.8 Å². The minimum atomic E-state index is -0.842.